The molecule has 0 fully saturated rings. The zero-order valence-corrected chi connectivity index (χ0v) is 13.6. The van der Waals surface area contributed by atoms with Crippen molar-refractivity contribution in [1.29, 1.82) is 0 Å². The number of nitrogens with two attached hydrogens (primary N) is 1. The smallest absolute Gasteiger partial charge is 0.314 e. The van der Waals surface area contributed by atoms with Crippen LogP contribution in [0.1, 0.15) is 50.5 Å². The van der Waals surface area contributed by atoms with Gasteiger partial charge in [-0.15, -0.1) is 0 Å². The van der Waals surface area contributed by atoms with Gasteiger partial charge in [0.1, 0.15) is 10.7 Å². The summed E-state index contributed by atoms with van der Waals surface area (Å²) in [6.45, 7) is 0. The van der Waals surface area contributed by atoms with Crippen molar-refractivity contribution in [3.05, 3.63) is 42.0 Å². The minimum absolute atomic E-state index is 0.0513. The molecule has 0 saturated carbocycles. The standard InChI is InChI=1S/C18H23NO2S/c19-17(22)14-10-12-16(13-11-14)21-18(20)15-8-6-4-2-1-3-5-7-9-15/h4,6,10-13,15H,1-3,5,7-9H2,(H2,19,22)/b6-4-. The maximum atomic E-state index is 12.3. The lowest BCUT2D eigenvalue weighted by atomic mass is 9.95. The molecule has 0 saturated heterocycles. The van der Waals surface area contributed by atoms with E-state index in [9.17, 15) is 4.79 Å². The van der Waals surface area contributed by atoms with E-state index in [4.69, 9.17) is 22.7 Å². The summed E-state index contributed by atoms with van der Waals surface area (Å²) in [4.78, 5) is 12.7. The summed E-state index contributed by atoms with van der Waals surface area (Å²) >= 11 is 4.91. The predicted molar refractivity (Wildman–Crippen MR) is 92.9 cm³/mol. The first-order chi connectivity index (χ1) is 10.7. The summed E-state index contributed by atoms with van der Waals surface area (Å²) in [5.41, 5.74) is 6.33. The zero-order valence-electron chi connectivity index (χ0n) is 12.8. The lowest BCUT2D eigenvalue weighted by Gasteiger charge is -2.15. The molecule has 0 heterocycles. The molecule has 0 bridgehead atoms. The Morgan fingerprint density at radius 3 is 2.55 bits per heavy atom. The highest BCUT2D eigenvalue weighted by molar-refractivity contribution is 7.80. The molecule has 1 aromatic carbocycles. The zero-order chi connectivity index (χ0) is 15.8. The third-order valence-corrected chi connectivity index (χ3v) is 4.19. The van der Waals surface area contributed by atoms with E-state index in [-0.39, 0.29) is 11.9 Å². The number of hydrogen-bond donors (Lipinski definition) is 1. The van der Waals surface area contributed by atoms with Crippen molar-refractivity contribution in [2.24, 2.45) is 11.7 Å². The number of carbonyl (C=O) groups is 1. The molecule has 2 N–H and O–H groups in total. The van der Waals surface area contributed by atoms with Gasteiger partial charge in [0.05, 0.1) is 5.92 Å². The van der Waals surface area contributed by atoms with E-state index in [1.807, 2.05) is 0 Å². The van der Waals surface area contributed by atoms with Crippen LogP contribution in [-0.4, -0.2) is 11.0 Å². The van der Waals surface area contributed by atoms with Crippen LogP contribution in [0.15, 0.2) is 36.4 Å². The molecule has 4 heteroatoms. The second-order valence-corrected chi connectivity index (χ2v) is 6.15. The SMILES string of the molecule is NC(=S)c1ccc(OC(=O)C2C/C=C\CCCCCC2)cc1. The van der Waals surface area contributed by atoms with Crippen molar-refractivity contribution in [3.63, 3.8) is 0 Å². The molecule has 3 nitrogen and oxygen atoms in total. The molecule has 0 aromatic heterocycles. The molecule has 22 heavy (non-hydrogen) atoms. The Hall–Kier alpha value is -1.68. The van der Waals surface area contributed by atoms with Crippen LogP contribution >= 0.6 is 12.2 Å². The predicted octanol–water partition coefficient (Wildman–Crippen LogP) is 4.14. The minimum atomic E-state index is -0.145. The molecule has 1 aliphatic rings. The van der Waals surface area contributed by atoms with Crippen LogP contribution in [0.3, 0.4) is 0 Å². The van der Waals surface area contributed by atoms with Gasteiger partial charge < -0.3 is 10.5 Å². The number of ether oxygens (including phenoxy) is 1. The monoisotopic (exact) mass is 317 g/mol. The summed E-state index contributed by atoms with van der Waals surface area (Å²) in [7, 11) is 0. The summed E-state index contributed by atoms with van der Waals surface area (Å²) in [5, 5.41) is 0. The van der Waals surface area contributed by atoms with Crippen LogP contribution < -0.4 is 10.5 Å². The van der Waals surface area contributed by atoms with Gasteiger partial charge >= 0.3 is 5.97 Å². The van der Waals surface area contributed by atoms with E-state index in [1.54, 1.807) is 24.3 Å². The van der Waals surface area contributed by atoms with Crippen molar-refractivity contribution >= 4 is 23.2 Å². The first kappa shape index (κ1) is 16.7. The molecular weight excluding hydrogens is 294 g/mol. The highest BCUT2D eigenvalue weighted by Gasteiger charge is 2.19. The Kier molecular flexibility index (Phi) is 6.59. The third kappa shape index (κ3) is 5.26. The second-order valence-electron chi connectivity index (χ2n) is 5.71. The summed E-state index contributed by atoms with van der Waals surface area (Å²) in [6.07, 6.45) is 11.9. The van der Waals surface area contributed by atoms with Crippen molar-refractivity contribution in [2.75, 3.05) is 0 Å². The molecule has 1 atom stereocenters. The van der Waals surface area contributed by atoms with E-state index in [0.29, 0.717) is 10.7 Å². The average molecular weight is 317 g/mol. The summed E-state index contributed by atoms with van der Waals surface area (Å²) < 4.78 is 5.50. The number of hydrogen-bond acceptors (Lipinski definition) is 3. The van der Waals surface area contributed by atoms with E-state index in [1.165, 1.54) is 19.3 Å². The lowest BCUT2D eigenvalue weighted by Crippen LogP contribution is -2.20. The van der Waals surface area contributed by atoms with Gasteiger partial charge in [-0.2, -0.15) is 0 Å². The second kappa shape index (κ2) is 8.69. The summed E-state index contributed by atoms with van der Waals surface area (Å²) in [5.74, 6) is 0.351. The van der Waals surface area contributed by atoms with Crippen LogP contribution in [0.2, 0.25) is 0 Å². The van der Waals surface area contributed by atoms with Gasteiger partial charge in [-0.1, -0.05) is 43.6 Å². The van der Waals surface area contributed by atoms with Gasteiger partial charge in [0.2, 0.25) is 0 Å². The Morgan fingerprint density at radius 1 is 1.09 bits per heavy atom. The van der Waals surface area contributed by atoms with Crippen LogP contribution in [-0.2, 0) is 4.79 Å². The topological polar surface area (TPSA) is 52.3 Å². The van der Waals surface area contributed by atoms with E-state index in [2.05, 4.69) is 12.2 Å². The van der Waals surface area contributed by atoms with Gasteiger partial charge in [-0.3, -0.25) is 4.79 Å². The Morgan fingerprint density at radius 2 is 1.82 bits per heavy atom. The molecule has 1 unspecified atom stereocenters. The molecule has 0 amide bonds. The third-order valence-electron chi connectivity index (χ3n) is 3.95. The number of esters is 1. The lowest BCUT2D eigenvalue weighted by molar-refractivity contribution is -0.139. The quantitative estimate of drug-likeness (QED) is 0.394. The van der Waals surface area contributed by atoms with Crippen LogP contribution in [0.4, 0.5) is 0 Å². The normalized spacial score (nSPS) is 20.8. The van der Waals surface area contributed by atoms with Gasteiger partial charge in [0.15, 0.2) is 0 Å². The number of allylic oxidation sites excluding steroid dienone is 2. The maximum Gasteiger partial charge on any atom is 0.314 e. The van der Waals surface area contributed by atoms with Crippen LogP contribution in [0.5, 0.6) is 5.75 Å². The van der Waals surface area contributed by atoms with Crippen molar-refractivity contribution < 1.29 is 9.53 Å². The first-order valence-corrected chi connectivity index (χ1v) is 8.34. The van der Waals surface area contributed by atoms with E-state index < -0.39 is 0 Å². The maximum absolute atomic E-state index is 12.3. The van der Waals surface area contributed by atoms with Crippen molar-refractivity contribution in [3.8, 4) is 5.75 Å². The fourth-order valence-electron chi connectivity index (χ4n) is 2.60. The van der Waals surface area contributed by atoms with Crippen LogP contribution in [0.25, 0.3) is 0 Å². The molecule has 1 aliphatic carbocycles. The number of carbonyl (C=O) groups excluding carboxylic acids is 1. The highest BCUT2D eigenvalue weighted by atomic mass is 32.1. The molecule has 118 valence electrons. The van der Waals surface area contributed by atoms with Crippen LogP contribution in [0, 0.1) is 5.92 Å². The van der Waals surface area contributed by atoms with Crippen molar-refractivity contribution in [2.45, 2.75) is 44.9 Å². The molecule has 0 spiro atoms. The highest BCUT2D eigenvalue weighted by Crippen LogP contribution is 2.21. The fraction of sp³-hybridized carbons (Fsp3) is 0.444. The first-order valence-electron chi connectivity index (χ1n) is 7.93. The Balaban J connectivity index is 1.96. The van der Waals surface area contributed by atoms with Gasteiger partial charge in [-0.05, 0) is 49.9 Å². The molecule has 1 aromatic rings. The summed E-state index contributed by atoms with van der Waals surface area (Å²) in [6, 6.07) is 7.03. The minimum Gasteiger partial charge on any atom is -0.426 e. The fourth-order valence-corrected chi connectivity index (χ4v) is 2.74. The number of rotatable bonds is 3. The average Bonchev–Trinajstić information content (AvgIpc) is 2.53. The van der Waals surface area contributed by atoms with Gasteiger partial charge in [0.25, 0.3) is 0 Å². The molecular formula is C18H23NO2S. The molecule has 0 aliphatic heterocycles. The molecule has 0 radical (unpaired) electrons. The van der Waals surface area contributed by atoms with Crippen molar-refractivity contribution in [1.82, 2.24) is 0 Å². The van der Waals surface area contributed by atoms with E-state index >= 15 is 0 Å². The largest absolute Gasteiger partial charge is 0.426 e. The Bertz CT molecular complexity index is 537. The number of benzene rings is 1. The molecule has 2 rings (SSSR count). The Labute approximate surface area is 137 Å². The number of thiocarbonyl (C=S) groups is 1. The van der Waals surface area contributed by atoms with Gasteiger partial charge in [0, 0.05) is 5.56 Å². The van der Waals surface area contributed by atoms with Gasteiger partial charge in [-0.25, -0.2) is 0 Å². The van der Waals surface area contributed by atoms with E-state index in [0.717, 1.165) is 31.2 Å².